The summed E-state index contributed by atoms with van der Waals surface area (Å²) in [6.45, 7) is 0. The van der Waals surface area contributed by atoms with Crippen molar-refractivity contribution in [2.45, 2.75) is 38.5 Å². The number of nitrogens with zero attached hydrogens (tertiary/aromatic N) is 1. The van der Waals surface area contributed by atoms with Crippen LogP contribution in [0.3, 0.4) is 0 Å². The van der Waals surface area contributed by atoms with Crippen LogP contribution in [-0.4, -0.2) is 18.0 Å². The lowest BCUT2D eigenvalue weighted by Crippen LogP contribution is -2.29. The molecule has 5 N–H and O–H groups in total. The molecule has 1 fully saturated rings. The molecule has 1 aliphatic carbocycles. The van der Waals surface area contributed by atoms with Gasteiger partial charge in [0.05, 0.1) is 19.2 Å². The molecule has 0 aromatic carbocycles. The average molecular weight is 330 g/mol. The van der Waals surface area contributed by atoms with Gasteiger partial charge in [-0.25, -0.2) is 0 Å². The van der Waals surface area contributed by atoms with Gasteiger partial charge in [-0.1, -0.05) is 19.3 Å². The maximum absolute atomic E-state index is 12.0. The fourth-order valence-electron chi connectivity index (χ4n) is 2.85. The van der Waals surface area contributed by atoms with Crippen molar-refractivity contribution >= 4 is 5.91 Å². The van der Waals surface area contributed by atoms with Crippen LogP contribution in [0, 0.1) is 5.92 Å². The topological polar surface area (TPSA) is 103 Å². The number of aromatic nitrogens is 1. The minimum absolute atomic E-state index is 0.133. The summed E-state index contributed by atoms with van der Waals surface area (Å²) in [7, 11) is 1.57. The molecule has 24 heavy (non-hydrogen) atoms. The maximum Gasteiger partial charge on any atom is 0.231 e. The minimum Gasteiger partial charge on any atom is -0.497 e. The Morgan fingerprint density at radius 3 is 2.79 bits per heavy atom. The Kier molecular flexibility index (Phi) is 6.66. The number of hydrogen-bond acceptors (Lipinski definition) is 5. The number of carbonyl (C=O) groups is 1. The molecule has 1 saturated carbocycles. The highest BCUT2D eigenvalue weighted by Crippen LogP contribution is 2.27. The molecule has 1 heterocycles. The van der Waals surface area contributed by atoms with Gasteiger partial charge >= 0.3 is 0 Å². The fourth-order valence-corrected chi connectivity index (χ4v) is 2.85. The van der Waals surface area contributed by atoms with E-state index in [4.69, 9.17) is 16.2 Å². The van der Waals surface area contributed by atoms with E-state index in [1.165, 1.54) is 19.3 Å². The summed E-state index contributed by atoms with van der Waals surface area (Å²) >= 11 is 0. The first-order valence-electron chi connectivity index (χ1n) is 8.30. The number of ether oxygens (including phenoxy) is 1. The number of hydrogen-bond donors (Lipinski definition) is 3. The number of rotatable bonds is 6. The summed E-state index contributed by atoms with van der Waals surface area (Å²) in [6.07, 6.45) is 11.2. The smallest absolute Gasteiger partial charge is 0.231 e. The summed E-state index contributed by atoms with van der Waals surface area (Å²) < 4.78 is 5.11. The van der Waals surface area contributed by atoms with Crippen molar-refractivity contribution in [1.29, 1.82) is 0 Å². The van der Waals surface area contributed by atoms with E-state index in [0.29, 0.717) is 17.4 Å². The average Bonchev–Trinajstić information content (AvgIpc) is 2.60. The van der Waals surface area contributed by atoms with E-state index in [-0.39, 0.29) is 18.1 Å². The van der Waals surface area contributed by atoms with Crippen molar-refractivity contribution in [1.82, 2.24) is 10.3 Å². The highest BCUT2D eigenvalue weighted by Gasteiger charge is 2.15. The summed E-state index contributed by atoms with van der Waals surface area (Å²) in [6, 6.07) is 3.45. The van der Waals surface area contributed by atoms with Gasteiger partial charge in [0.25, 0.3) is 0 Å². The fraction of sp³-hybridized carbons (Fsp3) is 0.444. The molecule has 130 valence electrons. The predicted molar refractivity (Wildman–Crippen MR) is 93.8 cm³/mol. The first-order chi connectivity index (χ1) is 11.6. The van der Waals surface area contributed by atoms with E-state index in [1.807, 2.05) is 0 Å². The van der Waals surface area contributed by atoms with E-state index < -0.39 is 0 Å². The highest BCUT2D eigenvalue weighted by atomic mass is 16.5. The first kappa shape index (κ1) is 17.8. The molecule has 0 bridgehead atoms. The standard InChI is InChI=1S/C18H26N4O2/c1-24-15-9-10-21-14(11-15)12-18(23)22-17(20)8-7-16(19)13-5-3-2-4-6-13/h7-11,13H,2-6,12,19-20H2,1H3,(H,22,23)/b16-7-,17-8+. The number of allylic oxidation sites excluding steroid dienone is 3. The third-order valence-corrected chi connectivity index (χ3v) is 4.18. The Morgan fingerprint density at radius 1 is 1.33 bits per heavy atom. The molecule has 0 aliphatic heterocycles. The lowest BCUT2D eigenvalue weighted by molar-refractivity contribution is -0.119. The van der Waals surface area contributed by atoms with Crippen molar-refractivity contribution < 1.29 is 9.53 Å². The van der Waals surface area contributed by atoms with Gasteiger partial charge in [-0.15, -0.1) is 0 Å². The summed E-state index contributed by atoms with van der Waals surface area (Å²) in [5, 5.41) is 2.64. The van der Waals surface area contributed by atoms with E-state index in [9.17, 15) is 4.79 Å². The van der Waals surface area contributed by atoms with Crippen molar-refractivity contribution in [3.8, 4) is 5.75 Å². The summed E-state index contributed by atoms with van der Waals surface area (Å²) in [4.78, 5) is 16.1. The second kappa shape index (κ2) is 8.96. The van der Waals surface area contributed by atoms with Crippen LogP contribution in [0.2, 0.25) is 0 Å². The lowest BCUT2D eigenvalue weighted by atomic mass is 9.87. The Morgan fingerprint density at radius 2 is 2.08 bits per heavy atom. The van der Waals surface area contributed by atoms with Gasteiger partial charge < -0.3 is 21.5 Å². The molecule has 0 saturated heterocycles. The van der Waals surface area contributed by atoms with E-state index >= 15 is 0 Å². The SMILES string of the molecule is COc1ccnc(CC(=O)N/C(N)=C/C=C(\N)C2CCCCC2)c1. The Labute approximate surface area is 143 Å². The third-order valence-electron chi connectivity index (χ3n) is 4.18. The molecular formula is C18H26N4O2. The molecule has 0 atom stereocenters. The van der Waals surface area contributed by atoms with Gasteiger partial charge in [-0.2, -0.15) is 0 Å². The maximum atomic E-state index is 12.0. The van der Waals surface area contributed by atoms with E-state index in [1.54, 1.807) is 37.6 Å². The number of methoxy groups -OCH3 is 1. The van der Waals surface area contributed by atoms with Crippen LogP contribution in [0.4, 0.5) is 0 Å². The number of amides is 1. The lowest BCUT2D eigenvalue weighted by Gasteiger charge is -2.21. The minimum atomic E-state index is -0.228. The van der Waals surface area contributed by atoms with Crippen LogP contribution in [0.15, 0.2) is 42.0 Å². The predicted octanol–water partition coefficient (Wildman–Crippen LogP) is 1.97. The normalized spacial score (nSPS) is 16.7. The van der Waals surface area contributed by atoms with Gasteiger partial charge in [0.1, 0.15) is 11.6 Å². The monoisotopic (exact) mass is 330 g/mol. The molecule has 6 heteroatoms. The van der Waals surface area contributed by atoms with Crippen LogP contribution in [-0.2, 0) is 11.2 Å². The highest BCUT2D eigenvalue weighted by molar-refractivity contribution is 5.79. The van der Waals surface area contributed by atoms with Crippen LogP contribution in [0.25, 0.3) is 0 Å². The zero-order valence-electron chi connectivity index (χ0n) is 14.1. The molecule has 6 nitrogen and oxygen atoms in total. The largest absolute Gasteiger partial charge is 0.497 e. The zero-order valence-corrected chi connectivity index (χ0v) is 14.1. The molecule has 1 aromatic rings. The van der Waals surface area contributed by atoms with Crippen molar-refractivity contribution in [2.24, 2.45) is 17.4 Å². The molecule has 0 spiro atoms. The molecular weight excluding hydrogens is 304 g/mol. The van der Waals surface area contributed by atoms with Gasteiger partial charge in [0.2, 0.25) is 5.91 Å². The molecule has 2 rings (SSSR count). The van der Waals surface area contributed by atoms with Gasteiger partial charge in [-0.3, -0.25) is 9.78 Å². The van der Waals surface area contributed by atoms with Gasteiger partial charge in [0, 0.05) is 18.0 Å². The van der Waals surface area contributed by atoms with Crippen LogP contribution in [0.1, 0.15) is 37.8 Å². The molecule has 1 amide bonds. The number of carbonyl (C=O) groups excluding carboxylic acids is 1. The molecule has 0 unspecified atom stereocenters. The molecule has 1 aromatic heterocycles. The third kappa shape index (κ3) is 5.61. The Hall–Kier alpha value is -2.50. The number of nitrogens with two attached hydrogens (primary N) is 2. The molecule has 1 aliphatic rings. The number of nitrogens with one attached hydrogen (secondary N) is 1. The second-order valence-electron chi connectivity index (χ2n) is 6.04. The quantitative estimate of drug-likeness (QED) is 0.692. The van der Waals surface area contributed by atoms with Crippen molar-refractivity contribution in [3.63, 3.8) is 0 Å². The second-order valence-corrected chi connectivity index (χ2v) is 6.04. The van der Waals surface area contributed by atoms with Crippen molar-refractivity contribution in [3.05, 3.63) is 47.7 Å². The van der Waals surface area contributed by atoms with E-state index in [2.05, 4.69) is 10.3 Å². The number of pyridine rings is 1. The Balaban J connectivity index is 1.87. The zero-order chi connectivity index (χ0) is 17.4. The summed E-state index contributed by atoms with van der Waals surface area (Å²) in [5.74, 6) is 1.15. The van der Waals surface area contributed by atoms with Crippen LogP contribution >= 0.6 is 0 Å². The van der Waals surface area contributed by atoms with E-state index in [0.717, 1.165) is 18.5 Å². The van der Waals surface area contributed by atoms with Gasteiger partial charge in [0.15, 0.2) is 0 Å². The van der Waals surface area contributed by atoms with Gasteiger partial charge in [-0.05, 0) is 37.0 Å². The summed E-state index contributed by atoms with van der Waals surface area (Å²) in [5.41, 5.74) is 13.4. The molecule has 0 radical (unpaired) electrons. The Bertz CT molecular complexity index is 619. The van der Waals surface area contributed by atoms with Crippen LogP contribution < -0.4 is 21.5 Å². The first-order valence-corrected chi connectivity index (χ1v) is 8.30. The van der Waals surface area contributed by atoms with Crippen LogP contribution in [0.5, 0.6) is 5.75 Å². The van der Waals surface area contributed by atoms with Crippen molar-refractivity contribution in [2.75, 3.05) is 7.11 Å².